The molecule has 0 unspecified atom stereocenters. The van der Waals surface area contributed by atoms with E-state index < -0.39 is 0 Å². The van der Waals surface area contributed by atoms with E-state index in [0.29, 0.717) is 21.2 Å². The molecule has 1 N–H and O–H groups in total. The van der Waals surface area contributed by atoms with Crippen molar-refractivity contribution in [2.75, 3.05) is 5.32 Å². The van der Waals surface area contributed by atoms with E-state index in [-0.39, 0.29) is 18.2 Å². The molecular weight excluding hydrogens is 396 g/mol. The molecule has 3 aromatic rings. The van der Waals surface area contributed by atoms with E-state index in [0.717, 1.165) is 16.8 Å². The number of anilines is 1. The SMILES string of the molecule is Cc1ccccc1NC(=O)c1ccc(C/C(F)=C/c2ccc(Cl)c(Cl)c2)cc1. The molecule has 0 heterocycles. The summed E-state index contributed by atoms with van der Waals surface area (Å²) in [5, 5.41) is 3.69. The molecule has 0 fully saturated rings. The van der Waals surface area contributed by atoms with Gasteiger partial charge in [-0.2, -0.15) is 0 Å². The zero-order valence-corrected chi connectivity index (χ0v) is 16.7. The molecule has 0 aromatic heterocycles. The number of carbonyl (C=O) groups excluding carboxylic acids is 1. The van der Waals surface area contributed by atoms with Gasteiger partial charge >= 0.3 is 0 Å². The Morgan fingerprint density at radius 1 is 1.00 bits per heavy atom. The van der Waals surface area contributed by atoms with Crippen LogP contribution in [0.5, 0.6) is 0 Å². The second-order valence-electron chi connectivity index (χ2n) is 6.41. The van der Waals surface area contributed by atoms with Crippen molar-refractivity contribution in [3.63, 3.8) is 0 Å². The van der Waals surface area contributed by atoms with Crippen LogP contribution in [0.1, 0.15) is 27.0 Å². The second-order valence-corrected chi connectivity index (χ2v) is 7.22. The first-order valence-electron chi connectivity index (χ1n) is 8.69. The Morgan fingerprint density at radius 3 is 2.39 bits per heavy atom. The van der Waals surface area contributed by atoms with Gasteiger partial charge in [-0.25, -0.2) is 4.39 Å². The van der Waals surface area contributed by atoms with Crippen molar-refractivity contribution in [3.05, 3.63) is 105 Å². The number of para-hydroxylation sites is 1. The van der Waals surface area contributed by atoms with Crippen molar-refractivity contribution >= 4 is 40.9 Å². The number of halogens is 3. The van der Waals surface area contributed by atoms with E-state index in [4.69, 9.17) is 23.2 Å². The summed E-state index contributed by atoms with van der Waals surface area (Å²) in [6, 6.07) is 19.4. The highest BCUT2D eigenvalue weighted by Gasteiger charge is 2.08. The van der Waals surface area contributed by atoms with Crippen LogP contribution < -0.4 is 5.32 Å². The molecule has 0 atom stereocenters. The highest BCUT2D eigenvalue weighted by molar-refractivity contribution is 6.42. The third-order valence-electron chi connectivity index (χ3n) is 4.25. The average Bonchev–Trinajstić information content (AvgIpc) is 2.67. The van der Waals surface area contributed by atoms with Gasteiger partial charge in [0.1, 0.15) is 5.83 Å². The molecule has 5 heteroatoms. The summed E-state index contributed by atoms with van der Waals surface area (Å²) >= 11 is 11.8. The quantitative estimate of drug-likeness (QED) is 0.474. The van der Waals surface area contributed by atoms with Crippen LogP contribution in [-0.2, 0) is 6.42 Å². The summed E-state index contributed by atoms with van der Waals surface area (Å²) in [4.78, 5) is 12.4. The van der Waals surface area contributed by atoms with Crippen molar-refractivity contribution < 1.29 is 9.18 Å². The van der Waals surface area contributed by atoms with Gasteiger partial charge in [-0.05, 0) is 60.0 Å². The van der Waals surface area contributed by atoms with E-state index >= 15 is 0 Å². The van der Waals surface area contributed by atoms with E-state index in [1.807, 2.05) is 31.2 Å². The number of benzene rings is 3. The maximum Gasteiger partial charge on any atom is 0.255 e. The second kappa shape index (κ2) is 9.05. The van der Waals surface area contributed by atoms with Crippen molar-refractivity contribution in [1.29, 1.82) is 0 Å². The van der Waals surface area contributed by atoms with E-state index in [2.05, 4.69) is 5.32 Å². The molecule has 0 bridgehead atoms. The van der Waals surface area contributed by atoms with Crippen LogP contribution in [0.2, 0.25) is 10.0 Å². The van der Waals surface area contributed by atoms with Crippen molar-refractivity contribution in [2.24, 2.45) is 0 Å². The molecule has 2 nitrogen and oxygen atoms in total. The van der Waals surface area contributed by atoms with Crippen LogP contribution in [0, 0.1) is 6.92 Å². The minimum Gasteiger partial charge on any atom is -0.322 e. The van der Waals surface area contributed by atoms with E-state index in [1.165, 1.54) is 6.08 Å². The van der Waals surface area contributed by atoms with Crippen LogP contribution in [0.3, 0.4) is 0 Å². The molecule has 3 rings (SSSR count). The fourth-order valence-corrected chi connectivity index (χ4v) is 3.02. The zero-order valence-electron chi connectivity index (χ0n) is 15.2. The number of amides is 1. The Balaban J connectivity index is 1.66. The first-order chi connectivity index (χ1) is 13.4. The maximum absolute atomic E-state index is 14.3. The third-order valence-corrected chi connectivity index (χ3v) is 4.99. The summed E-state index contributed by atoms with van der Waals surface area (Å²) in [6.07, 6.45) is 1.54. The lowest BCUT2D eigenvalue weighted by atomic mass is 10.1. The number of allylic oxidation sites excluding steroid dienone is 1. The van der Waals surface area contributed by atoms with Crippen LogP contribution in [0.25, 0.3) is 6.08 Å². The van der Waals surface area contributed by atoms with Gasteiger partial charge in [0.15, 0.2) is 0 Å². The van der Waals surface area contributed by atoms with E-state index in [9.17, 15) is 9.18 Å². The van der Waals surface area contributed by atoms with Crippen LogP contribution in [0.4, 0.5) is 10.1 Å². The Morgan fingerprint density at radius 2 is 1.71 bits per heavy atom. The average molecular weight is 414 g/mol. The summed E-state index contributed by atoms with van der Waals surface area (Å²) < 4.78 is 14.3. The van der Waals surface area contributed by atoms with Gasteiger partial charge in [0.2, 0.25) is 0 Å². The molecule has 0 aliphatic rings. The topological polar surface area (TPSA) is 29.1 Å². The van der Waals surface area contributed by atoms with Gasteiger partial charge in [-0.15, -0.1) is 0 Å². The van der Waals surface area contributed by atoms with Gasteiger partial charge in [-0.1, -0.05) is 59.6 Å². The Labute approximate surface area is 173 Å². The van der Waals surface area contributed by atoms with Crippen molar-refractivity contribution in [3.8, 4) is 0 Å². The molecule has 142 valence electrons. The Kier molecular flexibility index (Phi) is 6.50. The highest BCUT2D eigenvalue weighted by atomic mass is 35.5. The molecular formula is C23H18Cl2FNO. The number of hydrogen-bond donors (Lipinski definition) is 1. The first-order valence-corrected chi connectivity index (χ1v) is 9.45. The lowest BCUT2D eigenvalue weighted by Gasteiger charge is -2.08. The molecule has 0 aliphatic heterocycles. The first kappa shape index (κ1) is 20.1. The lowest BCUT2D eigenvalue weighted by Crippen LogP contribution is -2.12. The minimum absolute atomic E-state index is 0.125. The van der Waals surface area contributed by atoms with Gasteiger partial charge in [0.05, 0.1) is 10.0 Å². The number of aryl methyl sites for hydroxylation is 1. The summed E-state index contributed by atoms with van der Waals surface area (Å²) in [6.45, 7) is 1.93. The summed E-state index contributed by atoms with van der Waals surface area (Å²) in [5.74, 6) is -0.511. The largest absolute Gasteiger partial charge is 0.322 e. The van der Waals surface area contributed by atoms with Crippen molar-refractivity contribution in [1.82, 2.24) is 0 Å². The fraction of sp³-hybridized carbons (Fsp3) is 0.0870. The molecule has 0 spiro atoms. The normalized spacial score (nSPS) is 11.4. The maximum atomic E-state index is 14.3. The van der Waals surface area contributed by atoms with Gasteiger partial charge < -0.3 is 5.32 Å². The zero-order chi connectivity index (χ0) is 20.1. The fourth-order valence-electron chi connectivity index (χ4n) is 2.71. The molecule has 0 saturated carbocycles. The number of rotatable bonds is 5. The van der Waals surface area contributed by atoms with Crippen LogP contribution in [0.15, 0.2) is 72.6 Å². The molecule has 0 aliphatic carbocycles. The smallest absolute Gasteiger partial charge is 0.255 e. The Hall–Kier alpha value is -2.62. The standard InChI is InChI=1S/C23H18Cl2FNO/c1-15-4-2-3-5-22(15)27-23(28)18-9-6-16(7-10-18)12-19(26)13-17-8-11-20(24)21(25)14-17/h2-11,13-14H,12H2,1H3,(H,27,28)/b19-13-. The monoisotopic (exact) mass is 413 g/mol. The predicted octanol–water partition coefficient (Wildman–Crippen LogP) is 7.11. The summed E-state index contributed by atoms with van der Waals surface area (Å²) in [5.41, 5.74) is 3.68. The van der Waals surface area contributed by atoms with E-state index in [1.54, 1.807) is 42.5 Å². The van der Waals surface area contributed by atoms with Gasteiger partial charge in [0, 0.05) is 17.7 Å². The number of nitrogens with one attached hydrogen (secondary N) is 1. The van der Waals surface area contributed by atoms with Crippen molar-refractivity contribution in [2.45, 2.75) is 13.3 Å². The predicted molar refractivity (Wildman–Crippen MR) is 115 cm³/mol. The molecule has 0 saturated heterocycles. The van der Waals surface area contributed by atoms with Crippen LogP contribution in [-0.4, -0.2) is 5.91 Å². The molecule has 1 amide bonds. The number of carbonyl (C=O) groups is 1. The highest BCUT2D eigenvalue weighted by Crippen LogP contribution is 2.24. The minimum atomic E-state index is -0.310. The Bertz CT molecular complexity index is 1030. The van der Waals surface area contributed by atoms with Gasteiger partial charge in [-0.3, -0.25) is 4.79 Å². The van der Waals surface area contributed by atoms with Crippen LogP contribution >= 0.6 is 23.2 Å². The molecule has 3 aromatic carbocycles. The molecule has 0 radical (unpaired) electrons. The number of hydrogen-bond acceptors (Lipinski definition) is 1. The lowest BCUT2D eigenvalue weighted by molar-refractivity contribution is 0.102. The third kappa shape index (κ3) is 5.22. The molecule has 28 heavy (non-hydrogen) atoms. The van der Waals surface area contributed by atoms with Gasteiger partial charge in [0.25, 0.3) is 5.91 Å². The summed E-state index contributed by atoms with van der Waals surface area (Å²) in [7, 11) is 0.